The average Bonchev–Trinajstić information content (AvgIpc) is 2.90. The van der Waals surface area contributed by atoms with E-state index in [0.29, 0.717) is 0 Å². The number of rotatable bonds is 1. The van der Waals surface area contributed by atoms with Crippen molar-refractivity contribution < 1.29 is 9.30 Å². The summed E-state index contributed by atoms with van der Waals surface area (Å²) in [6.45, 7) is 6.82. The Balaban J connectivity index is 1.77. The predicted octanol–water partition coefficient (Wildman–Crippen LogP) is 6.01. The van der Waals surface area contributed by atoms with Crippen LogP contribution in [-0.2, 0) is 12.5 Å². The second kappa shape index (κ2) is 6.07. The Labute approximate surface area is 168 Å². The van der Waals surface area contributed by atoms with Crippen molar-refractivity contribution in [3.05, 3.63) is 59.7 Å². The maximum Gasteiger partial charge on any atom is 0.216 e. The maximum absolute atomic E-state index is 6.81. The average molecular weight is 373 g/mol. The first kappa shape index (κ1) is 17.7. The summed E-state index contributed by atoms with van der Waals surface area (Å²) in [5.41, 5.74) is 6.46. The molecular weight excluding hydrogens is 342 g/mol. The van der Waals surface area contributed by atoms with Gasteiger partial charge in [-0.15, -0.1) is 0 Å². The second-order valence-corrected chi connectivity index (χ2v) is 9.23. The molecule has 0 radical (unpaired) electrons. The van der Waals surface area contributed by atoms with Crippen LogP contribution in [0.25, 0.3) is 22.2 Å². The highest BCUT2D eigenvalue weighted by Gasteiger charge is 2.55. The fourth-order valence-corrected chi connectivity index (χ4v) is 5.78. The molecule has 0 atom stereocenters. The van der Waals surface area contributed by atoms with E-state index in [1.807, 2.05) is 0 Å². The molecule has 1 aromatic heterocycles. The highest BCUT2D eigenvalue weighted by molar-refractivity contribution is 5.80. The number of ether oxygens (including phenoxy) is 1. The van der Waals surface area contributed by atoms with E-state index in [4.69, 9.17) is 4.74 Å². The van der Waals surface area contributed by atoms with Crippen molar-refractivity contribution in [3.8, 4) is 17.0 Å². The van der Waals surface area contributed by atoms with Gasteiger partial charge in [-0.2, -0.15) is 4.57 Å². The van der Waals surface area contributed by atoms with Crippen molar-refractivity contribution in [2.75, 3.05) is 0 Å². The highest BCUT2D eigenvalue weighted by atomic mass is 16.5. The van der Waals surface area contributed by atoms with Crippen LogP contribution >= 0.6 is 0 Å². The molecule has 1 aliphatic carbocycles. The normalized spacial score (nSPS) is 19.6. The van der Waals surface area contributed by atoms with Crippen LogP contribution < -0.4 is 9.30 Å². The van der Waals surface area contributed by atoms with Gasteiger partial charge in [-0.1, -0.05) is 43.5 Å². The molecule has 3 aromatic rings. The molecule has 2 aromatic carbocycles. The third-order valence-corrected chi connectivity index (χ3v) is 7.43. The lowest BCUT2D eigenvalue weighted by Crippen LogP contribution is -2.47. The molecule has 0 N–H and O–H groups in total. The molecule has 2 aliphatic rings. The van der Waals surface area contributed by atoms with Crippen molar-refractivity contribution in [1.29, 1.82) is 0 Å². The summed E-state index contributed by atoms with van der Waals surface area (Å²) in [6, 6.07) is 17.8. The summed E-state index contributed by atoms with van der Waals surface area (Å²) in [5.74, 6) is 1.12. The molecule has 1 spiro atoms. The van der Waals surface area contributed by atoms with Gasteiger partial charge in [0, 0.05) is 28.5 Å². The monoisotopic (exact) mass is 372 g/mol. The summed E-state index contributed by atoms with van der Waals surface area (Å²) in [5, 5.41) is 1.27. The molecule has 144 valence electrons. The molecule has 2 nitrogen and oxygen atoms in total. The number of hydrogen-bond acceptors (Lipinski definition) is 1. The molecule has 28 heavy (non-hydrogen) atoms. The molecule has 2 heterocycles. The van der Waals surface area contributed by atoms with Crippen LogP contribution in [0.15, 0.2) is 48.5 Å². The van der Waals surface area contributed by atoms with Gasteiger partial charge in [0.1, 0.15) is 18.4 Å². The van der Waals surface area contributed by atoms with Gasteiger partial charge in [0.15, 0.2) is 0 Å². The van der Waals surface area contributed by atoms with E-state index >= 15 is 0 Å². The minimum atomic E-state index is -0.159. The number of aromatic nitrogens is 1. The molecule has 1 fully saturated rings. The fraction of sp³-hybridized carbons (Fsp3) is 0.423. The van der Waals surface area contributed by atoms with Crippen LogP contribution in [0.3, 0.4) is 0 Å². The Kier molecular flexibility index (Phi) is 3.84. The lowest BCUT2D eigenvalue weighted by atomic mass is 9.62. The molecule has 0 amide bonds. The van der Waals surface area contributed by atoms with Crippen LogP contribution in [0.4, 0.5) is 0 Å². The van der Waals surface area contributed by atoms with E-state index in [9.17, 15) is 0 Å². The number of nitrogens with zero attached hydrogens (tertiary/aromatic N) is 1. The lowest BCUT2D eigenvalue weighted by molar-refractivity contribution is -0.633. The Morgan fingerprint density at radius 1 is 0.893 bits per heavy atom. The van der Waals surface area contributed by atoms with Crippen molar-refractivity contribution in [1.82, 2.24) is 0 Å². The smallest absolute Gasteiger partial charge is 0.216 e. The first-order valence-electron chi connectivity index (χ1n) is 10.7. The zero-order valence-corrected chi connectivity index (χ0v) is 17.5. The first-order chi connectivity index (χ1) is 13.4. The first-order valence-corrected chi connectivity index (χ1v) is 10.7. The quantitative estimate of drug-likeness (QED) is 0.477. The number of hydrogen-bond donors (Lipinski definition) is 0. The van der Waals surface area contributed by atoms with Gasteiger partial charge in [-0.25, -0.2) is 0 Å². The summed E-state index contributed by atoms with van der Waals surface area (Å²) < 4.78 is 9.13. The molecule has 2 heteroatoms. The molecule has 1 aliphatic heterocycles. The third kappa shape index (κ3) is 2.30. The van der Waals surface area contributed by atoms with Gasteiger partial charge in [-0.05, 0) is 51.3 Å². The van der Waals surface area contributed by atoms with Gasteiger partial charge in [0.2, 0.25) is 11.2 Å². The molecule has 0 saturated heterocycles. The van der Waals surface area contributed by atoms with Gasteiger partial charge in [0.05, 0.1) is 5.56 Å². The van der Waals surface area contributed by atoms with E-state index in [-0.39, 0.29) is 11.0 Å². The van der Waals surface area contributed by atoms with E-state index in [1.54, 1.807) is 0 Å². The van der Waals surface area contributed by atoms with E-state index < -0.39 is 0 Å². The molecular formula is C26H30NO+. The summed E-state index contributed by atoms with van der Waals surface area (Å²) in [6.07, 6.45) is 6.43. The zero-order valence-electron chi connectivity index (χ0n) is 17.5. The Hall–Kier alpha value is -2.35. The summed E-state index contributed by atoms with van der Waals surface area (Å²) in [4.78, 5) is 0. The second-order valence-electron chi connectivity index (χ2n) is 9.23. The molecule has 0 bridgehead atoms. The number of pyridine rings is 1. The van der Waals surface area contributed by atoms with E-state index in [2.05, 4.69) is 80.9 Å². The van der Waals surface area contributed by atoms with Crippen LogP contribution in [0.2, 0.25) is 0 Å². The topological polar surface area (TPSA) is 13.1 Å². The highest BCUT2D eigenvalue weighted by Crippen LogP contribution is 2.58. The van der Waals surface area contributed by atoms with Crippen LogP contribution in [0.1, 0.15) is 57.1 Å². The van der Waals surface area contributed by atoms with Crippen molar-refractivity contribution in [3.63, 3.8) is 0 Å². The molecule has 1 saturated carbocycles. The van der Waals surface area contributed by atoms with Crippen molar-refractivity contribution in [2.24, 2.45) is 7.05 Å². The predicted molar refractivity (Wildman–Crippen MR) is 115 cm³/mol. The van der Waals surface area contributed by atoms with Crippen LogP contribution in [0.5, 0.6) is 5.75 Å². The Bertz CT molecular complexity index is 1070. The number of fused-ring (bicyclic) bond motifs is 3. The zero-order chi connectivity index (χ0) is 19.5. The van der Waals surface area contributed by atoms with Gasteiger partial charge in [-0.3, -0.25) is 0 Å². The number of para-hydroxylation sites is 1. The SMILES string of the molecule is Cc1ccc2c(c1-c1ccc3ccccc3[n+]1C)OC(C)(C)C21CCCCC1. The Morgan fingerprint density at radius 3 is 2.43 bits per heavy atom. The minimum absolute atomic E-state index is 0.151. The minimum Gasteiger partial charge on any atom is -0.486 e. The van der Waals surface area contributed by atoms with Crippen LogP contribution in [0, 0.1) is 6.92 Å². The van der Waals surface area contributed by atoms with Gasteiger partial charge >= 0.3 is 0 Å². The van der Waals surface area contributed by atoms with Crippen molar-refractivity contribution in [2.45, 2.75) is 63.9 Å². The van der Waals surface area contributed by atoms with Crippen LogP contribution in [-0.4, -0.2) is 5.60 Å². The number of aryl methyl sites for hydroxylation is 2. The molecule has 0 unspecified atom stereocenters. The standard InChI is InChI=1S/C26H30NO/c1-18-12-14-20-24(28-25(2,3)26(20)16-8-5-9-17-26)23(18)22-15-13-19-10-6-7-11-21(19)27(22)4/h6-7,10-15H,5,8-9,16-17H2,1-4H3/q+1. The summed E-state index contributed by atoms with van der Waals surface area (Å²) in [7, 11) is 2.17. The Morgan fingerprint density at radius 2 is 1.64 bits per heavy atom. The lowest BCUT2D eigenvalue weighted by Gasteiger charge is -2.43. The molecule has 5 rings (SSSR count). The number of benzene rings is 2. The maximum atomic E-state index is 6.81. The van der Waals surface area contributed by atoms with Gasteiger partial charge in [0.25, 0.3) is 0 Å². The van der Waals surface area contributed by atoms with E-state index in [0.717, 1.165) is 5.75 Å². The van der Waals surface area contributed by atoms with Crippen molar-refractivity contribution >= 4 is 10.9 Å². The van der Waals surface area contributed by atoms with Gasteiger partial charge < -0.3 is 4.74 Å². The summed E-state index contributed by atoms with van der Waals surface area (Å²) >= 11 is 0. The fourth-order valence-electron chi connectivity index (χ4n) is 5.78. The third-order valence-electron chi connectivity index (χ3n) is 7.43. The largest absolute Gasteiger partial charge is 0.486 e. The van der Waals surface area contributed by atoms with E-state index in [1.165, 1.54) is 65.4 Å².